The largest absolute Gasteiger partial charge is 0.0628 e. The summed E-state index contributed by atoms with van der Waals surface area (Å²) >= 11 is 0. The molecule has 0 bridgehead atoms. The second-order valence-corrected chi connectivity index (χ2v) is 13.1. The molecule has 0 amide bonds. The Kier molecular flexibility index (Phi) is 10.5. The van der Waals surface area contributed by atoms with E-state index in [0.717, 1.165) is 11.8 Å². The van der Waals surface area contributed by atoms with Crippen molar-refractivity contribution in [2.75, 3.05) is 0 Å². The van der Waals surface area contributed by atoms with E-state index in [0.29, 0.717) is 21.7 Å². The molecule has 0 aromatic heterocycles. The maximum Gasteiger partial charge on any atom is -0.0347 e. The Balaban J connectivity index is 0. The van der Waals surface area contributed by atoms with E-state index in [1.165, 1.54) is 25.7 Å². The maximum absolute atomic E-state index is 2.39. The third-order valence-electron chi connectivity index (χ3n) is 3.89. The van der Waals surface area contributed by atoms with Crippen molar-refractivity contribution >= 4 is 0 Å². The Bertz CT molecular complexity index is 295. The molecular weight excluding hydrogens is 288 g/mol. The van der Waals surface area contributed by atoms with Crippen LogP contribution in [0.3, 0.4) is 0 Å². The fraction of sp³-hybridized carbons (Fsp3) is 1.00. The highest BCUT2D eigenvalue weighted by atomic mass is 14.3. The summed E-state index contributed by atoms with van der Waals surface area (Å²) in [7, 11) is 0. The van der Waals surface area contributed by atoms with E-state index in [1.807, 2.05) is 0 Å². The minimum Gasteiger partial charge on any atom is -0.0628 e. The van der Waals surface area contributed by atoms with Crippen LogP contribution in [0, 0.1) is 33.5 Å². The second-order valence-electron chi connectivity index (χ2n) is 13.1. The van der Waals surface area contributed by atoms with Crippen molar-refractivity contribution in [1.82, 2.24) is 0 Å². The molecular formula is C24H52. The molecule has 148 valence electrons. The van der Waals surface area contributed by atoms with E-state index < -0.39 is 0 Å². The van der Waals surface area contributed by atoms with Gasteiger partial charge in [0.05, 0.1) is 0 Å². The van der Waals surface area contributed by atoms with Gasteiger partial charge in [-0.05, 0) is 59.2 Å². The van der Waals surface area contributed by atoms with Gasteiger partial charge < -0.3 is 0 Å². The van der Waals surface area contributed by atoms with Crippen molar-refractivity contribution in [3.05, 3.63) is 0 Å². The zero-order chi connectivity index (χ0) is 20.0. The molecule has 0 heteroatoms. The van der Waals surface area contributed by atoms with Crippen molar-refractivity contribution < 1.29 is 0 Å². The molecule has 0 rings (SSSR count). The molecule has 24 heavy (non-hydrogen) atoms. The van der Waals surface area contributed by atoms with Gasteiger partial charge in [0.1, 0.15) is 0 Å². The zero-order valence-corrected chi connectivity index (χ0v) is 20.0. The van der Waals surface area contributed by atoms with E-state index in [2.05, 4.69) is 96.9 Å². The van der Waals surface area contributed by atoms with Gasteiger partial charge in [-0.1, -0.05) is 96.9 Å². The lowest BCUT2D eigenvalue weighted by molar-refractivity contribution is 0.179. The third kappa shape index (κ3) is 22.0. The molecule has 0 unspecified atom stereocenters. The van der Waals surface area contributed by atoms with Crippen LogP contribution in [0.25, 0.3) is 0 Å². The van der Waals surface area contributed by atoms with Crippen LogP contribution in [-0.2, 0) is 0 Å². The van der Waals surface area contributed by atoms with E-state index in [1.54, 1.807) is 0 Å². The lowest BCUT2D eigenvalue weighted by Gasteiger charge is -2.33. The van der Waals surface area contributed by atoms with E-state index in [9.17, 15) is 0 Å². The Morgan fingerprint density at radius 3 is 1.04 bits per heavy atom. The summed E-state index contributed by atoms with van der Waals surface area (Å²) in [5.74, 6) is 1.67. The summed E-state index contributed by atoms with van der Waals surface area (Å²) < 4.78 is 0. The molecule has 0 saturated heterocycles. The zero-order valence-electron chi connectivity index (χ0n) is 20.0. The van der Waals surface area contributed by atoms with Crippen LogP contribution in [0.5, 0.6) is 0 Å². The smallest absolute Gasteiger partial charge is 0.0347 e. The normalized spacial score (nSPS) is 14.0. The SMILES string of the molecule is CC(C)CC(C)(C)CC(C)(C)C.CC(CC(C)(C)C)CC(C)(C)C. The van der Waals surface area contributed by atoms with Gasteiger partial charge in [-0.25, -0.2) is 0 Å². The first-order valence-corrected chi connectivity index (χ1v) is 10.2. The predicted octanol–water partition coefficient (Wildman–Crippen LogP) is 8.99. The van der Waals surface area contributed by atoms with Gasteiger partial charge in [-0.3, -0.25) is 0 Å². The number of rotatable bonds is 5. The summed E-state index contributed by atoms with van der Waals surface area (Å²) in [6.07, 6.45) is 5.33. The van der Waals surface area contributed by atoms with Gasteiger partial charge in [-0.15, -0.1) is 0 Å². The highest BCUT2D eigenvalue weighted by molar-refractivity contribution is 4.77. The number of hydrogen-bond donors (Lipinski definition) is 0. The van der Waals surface area contributed by atoms with Gasteiger partial charge in [0.15, 0.2) is 0 Å². The van der Waals surface area contributed by atoms with Crippen LogP contribution < -0.4 is 0 Å². The molecule has 0 radical (unpaired) electrons. The highest BCUT2D eigenvalue weighted by Gasteiger charge is 2.25. The quantitative estimate of drug-likeness (QED) is 0.468. The Labute approximate surface area is 156 Å². The minimum atomic E-state index is 0.471. The van der Waals surface area contributed by atoms with Gasteiger partial charge in [0.2, 0.25) is 0 Å². The first-order chi connectivity index (χ1) is 10.2. The van der Waals surface area contributed by atoms with E-state index in [-0.39, 0.29) is 0 Å². The first-order valence-electron chi connectivity index (χ1n) is 10.2. The lowest BCUT2D eigenvalue weighted by atomic mass is 9.72. The van der Waals surface area contributed by atoms with Gasteiger partial charge in [0, 0.05) is 0 Å². The molecule has 0 aromatic rings. The van der Waals surface area contributed by atoms with Crippen molar-refractivity contribution in [2.45, 2.75) is 123 Å². The average molecular weight is 341 g/mol. The van der Waals surface area contributed by atoms with Gasteiger partial charge in [0.25, 0.3) is 0 Å². The summed E-state index contributed by atoms with van der Waals surface area (Å²) in [5, 5.41) is 0. The second kappa shape index (κ2) is 9.63. The summed E-state index contributed by atoms with van der Waals surface area (Å²) in [6.45, 7) is 32.7. The van der Waals surface area contributed by atoms with E-state index in [4.69, 9.17) is 0 Å². The van der Waals surface area contributed by atoms with E-state index >= 15 is 0 Å². The fourth-order valence-corrected chi connectivity index (χ4v) is 4.78. The Morgan fingerprint density at radius 2 is 0.833 bits per heavy atom. The molecule has 0 atom stereocenters. The molecule has 0 aliphatic carbocycles. The molecule has 0 nitrogen and oxygen atoms in total. The summed E-state index contributed by atoms with van der Waals surface area (Å²) in [4.78, 5) is 0. The summed E-state index contributed by atoms with van der Waals surface area (Å²) in [5.41, 5.74) is 1.96. The molecule has 0 N–H and O–H groups in total. The molecule has 0 aliphatic rings. The van der Waals surface area contributed by atoms with Crippen molar-refractivity contribution in [3.63, 3.8) is 0 Å². The third-order valence-corrected chi connectivity index (χ3v) is 3.89. The molecule has 0 heterocycles. The molecule has 0 saturated carbocycles. The Hall–Kier alpha value is 0. The standard InChI is InChI=1S/2C12H26/c1-10(8-11(2,3)4)9-12(5,6)7;1-10(2)8-12(6,7)9-11(3,4)5/h2*10H,8-9H2,1-7H3. The first kappa shape index (κ1) is 26.2. The fourth-order valence-electron chi connectivity index (χ4n) is 4.78. The average Bonchev–Trinajstić information content (AvgIpc) is 2.02. The molecule has 0 spiro atoms. The summed E-state index contributed by atoms with van der Waals surface area (Å²) in [6, 6.07) is 0. The Morgan fingerprint density at radius 1 is 0.500 bits per heavy atom. The van der Waals surface area contributed by atoms with Gasteiger partial charge in [-0.2, -0.15) is 0 Å². The van der Waals surface area contributed by atoms with Crippen LogP contribution in [0.2, 0.25) is 0 Å². The van der Waals surface area contributed by atoms with Crippen LogP contribution >= 0.6 is 0 Å². The van der Waals surface area contributed by atoms with Crippen molar-refractivity contribution in [3.8, 4) is 0 Å². The molecule has 0 aromatic carbocycles. The molecule has 0 aliphatic heterocycles. The molecule has 0 fully saturated rings. The van der Waals surface area contributed by atoms with Crippen LogP contribution in [0.1, 0.15) is 123 Å². The van der Waals surface area contributed by atoms with Crippen molar-refractivity contribution in [1.29, 1.82) is 0 Å². The number of hydrogen-bond acceptors (Lipinski definition) is 0. The van der Waals surface area contributed by atoms with Crippen LogP contribution in [0.4, 0.5) is 0 Å². The lowest BCUT2D eigenvalue weighted by Crippen LogP contribution is -2.22. The van der Waals surface area contributed by atoms with Gasteiger partial charge >= 0.3 is 0 Å². The monoisotopic (exact) mass is 340 g/mol. The maximum atomic E-state index is 2.39. The van der Waals surface area contributed by atoms with Crippen LogP contribution in [0.15, 0.2) is 0 Å². The predicted molar refractivity (Wildman–Crippen MR) is 115 cm³/mol. The minimum absolute atomic E-state index is 0.471. The highest BCUT2D eigenvalue weighted by Crippen LogP contribution is 2.37. The topological polar surface area (TPSA) is 0 Å². The van der Waals surface area contributed by atoms with Crippen molar-refractivity contribution in [2.24, 2.45) is 33.5 Å². The van der Waals surface area contributed by atoms with Crippen LogP contribution in [-0.4, -0.2) is 0 Å².